The molecule has 2 aliphatic rings. The van der Waals surface area contributed by atoms with Crippen molar-refractivity contribution in [2.75, 3.05) is 44.3 Å². The van der Waals surface area contributed by atoms with Crippen LogP contribution in [0.4, 0.5) is 5.69 Å². The van der Waals surface area contributed by atoms with E-state index in [-0.39, 0.29) is 30.2 Å². The third-order valence-corrected chi connectivity index (χ3v) is 6.15. The highest BCUT2D eigenvalue weighted by atomic mass is 79.9. The van der Waals surface area contributed by atoms with E-state index in [2.05, 4.69) is 26.1 Å². The lowest BCUT2D eigenvalue weighted by Gasteiger charge is -2.33. The Balaban J connectivity index is 1.40. The molecule has 2 fully saturated rings. The van der Waals surface area contributed by atoms with Gasteiger partial charge in [0, 0.05) is 42.8 Å². The topological polar surface area (TPSA) is 75.0 Å². The van der Waals surface area contributed by atoms with Gasteiger partial charge in [-0.2, -0.15) is 0 Å². The number of anilines is 1. The summed E-state index contributed by atoms with van der Waals surface area (Å²) < 4.78 is 12.2. The van der Waals surface area contributed by atoms with Crippen LogP contribution in [0, 0.1) is 12.8 Å². The third-order valence-electron chi connectivity index (χ3n) is 5.66. The number of ether oxygens (including phenoxy) is 1. The zero-order chi connectivity index (χ0) is 21.1. The Morgan fingerprint density at radius 2 is 2.07 bits per heavy atom. The summed E-state index contributed by atoms with van der Waals surface area (Å²) in [6.07, 6.45) is 0.223. The zero-order valence-electron chi connectivity index (χ0n) is 17.0. The van der Waals surface area contributed by atoms with Gasteiger partial charge < -0.3 is 19.4 Å². The number of rotatable bonds is 6. The molecule has 160 valence electrons. The Morgan fingerprint density at radius 3 is 2.77 bits per heavy atom. The van der Waals surface area contributed by atoms with Crippen LogP contribution in [-0.2, 0) is 14.3 Å². The molecule has 8 heteroatoms. The molecule has 2 unspecified atom stereocenters. The largest absolute Gasteiger partial charge is 0.465 e. The maximum Gasteiger partial charge on any atom is 0.227 e. The monoisotopic (exact) mass is 475 g/mol. The summed E-state index contributed by atoms with van der Waals surface area (Å²) in [7, 11) is 0. The summed E-state index contributed by atoms with van der Waals surface area (Å²) in [5.74, 6) is 1.20. The average molecular weight is 476 g/mol. The number of morpholine rings is 1. The number of hydrogen-bond donors (Lipinski definition) is 1. The van der Waals surface area contributed by atoms with Gasteiger partial charge in [-0.3, -0.25) is 14.5 Å². The highest BCUT2D eigenvalue weighted by Crippen LogP contribution is 2.28. The molecule has 2 amide bonds. The summed E-state index contributed by atoms with van der Waals surface area (Å²) in [6, 6.07) is 11.4. The maximum absolute atomic E-state index is 12.9. The number of benzene rings is 1. The molecule has 0 spiro atoms. The van der Waals surface area contributed by atoms with E-state index >= 15 is 0 Å². The van der Waals surface area contributed by atoms with E-state index in [0.29, 0.717) is 26.3 Å². The number of nitrogens with one attached hydrogen (secondary N) is 1. The fourth-order valence-corrected chi connectivity index (χ4v) is 4.44. The van der Waals surface area contributed by atoms with Crippen LogP contribution in [0.2, 0.25) is 0 Å². The first-order valence-electron chi connectivity index (χ1n) is 10.2. The minimum Gasteiger partial charge on any atom is -0.465 e. The van der Waals surface area contributed by atoms with Crippen LogP contribution in [0.1, 0.15) is 24.0 Å². The summed E-state index contributed by atoms with van der Waals surface area (Å²) in [4.78, 5) is 29.3. The molecular formula is C22H26BrN3O4. The molecule has 2 atom stereocenters. The molecule has 1 aromatic carbocycles. The second-order valence-electron chi connectivity index (χ2n) is 7.74. The predicted octanol–water partition coefficient (Wildman–Crippen LogP) is 2.89. The number of nitrogens with zero attached hydrogens (tertiary/aromatic N) is 2. The molecule has 0 bridgehead atoms. The van der Waals surface area contributed by atoms with Crippen molar-refractivity contribution in [1.29, 1.82) is 0 Å². The minimum absolute atomic E-state index is 0.0281. The van der Waals surface area contributed by atoms with Gasteiger partial charge in [0.2, 0.25) is 11.8 Å². The molecule has 3 heterocycles. The number of furan rings is 1. The van der Waals surface area contributed by atoms with Gasteiger partial charge in [0.15, 0.2) is 0 Å². The summed E-state index contributed by atoms with van der Waals surface area (Å²) >= 11 is 3.44. The van der Waals surface area contributed by atoms with Crippen molar-refractivity contribution in [1.82, 2.24) is 10.2 Å². The van der Waals surface area contributed by atoms with Crippen LogP contribution in [0.3, 0.4) is 0 Å². The highest BCUT2D eigenvalue weighted by molar-refractivity contribution is 9.10. The molecule has 2 aromatic rings. The SMILES string of the molecule is Cc1ccc(C(CNC(=O)C2CC(=O)N(c3cccc(Br)c3)C2)N2CCOCC2)o1. The molecular weight excluding hydrogens is 450 g/mol. The lowest BCUT2D eigenvalue weighted by atomic mass is 10.1. The van der Waals surface area contributed by atoms with Crippen molar-refractivity contribution >= 4 is 33.4 Å². The lowest BCUT2D eigenvalue weighted by molar-refractivity contribution is -0.126. The fraction of sp³-hybridized carbons (Fsp3) is 0.455. The number of hydrogen-bond acceptors (Lipinski definition) is 5. The van der Waals surface area contributed by atoms with Crippen LogP contribution < -0.4 is 10.2 Å². The lowest BCUT2D eigenvalue weighted by Crippen LogP contribution is -2.44. The highest BCUT2D eigenvalue weighted by Gasteiger charge is 2.36. The second kappa shape index (κ2) is 9.32. The number of aryl methyl sites for hydroxylation is 1. The fourth-order valence-electron chi connectivity index (χ4n) is 4.05. The van der Waals surface area contributed by atoms with E-state index < -0.39 is 0 Å². The number of amides is 2. The number of carbonyl (C=O) groups is 2. The first kappa shape index (κ1) is 21.1. The van der Waals surface area contributed by atoms with Crippen LogP contribution in [0.5, 0.6) is 0 Å². The Morgan fingerprint density at radius 1 is 1.27 bits per heavy atom. The van der Waals surface area contributed by atoms with E-state index in [4.69, 9.17) is 9.15 Å². The predicted molar refractivity (Wildman–Crippen MR) is 116 cm³/mol. The van der Waals surface area contributed by atoms with Gasteiger partial charge in [-0.25, -0.2) is 0 Å². The quantitative estimate of drug-likeness (QED) is 0.694. The Bertz CT molecular complexity index is 909. The summed E-state index contributed by atoms with van der Waals surface area (Å²) in [5, 5.41) is 3.06. The zero-order valence-corrected chi connectivity index (χ0v) is 18.6. The smallest absolute Gasteiger partial charge is 0.227 e. The molecule has 0 aliphatic carbocycles. The maximum atomic E-state index is 12.9. The summed E-state index contributed by atoms with van der Waals surface area (Å²) in [5.41, 5.74) is 0.807. The molecule has 2 aliphatic heterocycles. The Hall–Kier alpha value is -2.16. The van der Waals surface area contributed by atoms with Crippen molar-refractivity contribution in [2.24, 2.45) is 5.92 Å². The van der Waals surface area contributed by atoms with Gasteiger partial charge in [0.05, 0.1) is 25.2 Å². The average Bonchev–Trinajstić information content (AvgIpc) is 3.35. The first-order valence-corrected chi connectivity index (χ1v) is 11.0. The Labute approximate surface area is 184 Å². The van der Waals surface area contributed by atoms with Crippen molar-refractivity contribution < 1.29 is 18.7 Å². The standard InChI is InChI=1S/C22H26BrN3O4/c1-15-5-6-20(30-15)19(25-7-9-29-10-8-25)13-24-22(28)16-11-21(27)26(14-16)18-4-2-3-17(23)12-18/h2-6,12,16,19H,7-11,13-14H2,1H3,(H,24,28). The van der Waals surface area contributed by atoms with Crippen molar-refractivity contribution in [3.8, 4) is 0 Å². The van der Waals surface area contributed by atoms with Crippen LogP contribution in [0.15, 0.2) is 45.3 Å². The second-order valence-corrected chi connectivity index (χ2v) is 8.66. The minimum atomic E-state index is -0.361. The molecule has 0 radical (unpaired) electrons. The van der Waals surface area contributed by atoms with E-state index in [0.717, 1.165) is 34.8 Å². The third kappa shape index (κ3) is 4.77. The van der Waals surface area contributed by atoms with E-state index in [1.165, 1.54) is 0 Å². The van der Waals surface area contributed by atoms with Gasteiger partial charge in [0.25, 0.3) is 0 Å². The Kier molecular flexibility index (Phi) is 6.55. The normalized spacial score (nSPS) is 21.1. The van der Waals surface area contributed by atoms with E-state index in [1.54, 1.807) is 4.90 Å². The van der Waals surface area contributed by atoms with Crippen LogP contribution in [-0.4, -0.2) is 56.1 Å². The number of carbonyl (C=O) groups excluding carboxylic acids is 2. The molecule has 30 heavy (non-hydrogen) atoms. The van der Waals surface area contributed by atoms with Gasteiger partial charge in [0.1, 0.15) is 11.5 Å². The van der Waals surface area contributed by atoms with Crippen LogP contribution >= 0.6 is 15.9 Å². The van der Waals surface area contributed by atoms with E-state index in [9.17, 15) is 9.59 Å². The molecule has 4 rings (SSSR count). The molecule has 1 N–H and O–H groups in total. The van der Waals surface area contributed by atoms with Gasteiger partial charge in [-0.05, 0) is 37.3 Å². The molecule has 0 saturated carbocycles. The van der Waals surface area contributed by atoms with Crippen molar-refractivity contribution in [3.05, 3.63) is 52.4 Å². The van der Waals surface area contributed by atoms with Crippen molar-refractivity contribution in [2.45, 2.75) is 19.4 Å². The van der Waals surface area contributed by atoms with E-state index in [1.807, 2.05) is 43.3 Å². The van der Waals surface area contributed by atoms with Crippen molar-refractivity contribution in [3.63, 3.8) is 0 Å². The molecule has 2 saturated heterocycles. The van der Waals surface area contributed by atoms with Gasteiger partial charge in [-0.1, -0.05) is 22.0 Å². The molecule has 1 aromatic heterocycles. The van der Waals surface area contributed by atoms with Gasteiger partial charge in [-0.15, -0.1) is 0 Å². The molecule has 7 nitrogen and oxygen atoms in total. The number of halogens is 1. The first-order chi connectivity index (χ1) is 14.5. The van der Waals surface area contributed by atoms with Crippen LogP contribution in [0.25, 0.3) is 0 Å². The van der Waals surface area contributed by atoms with Gasteiger partial charge >= 0.3 is 0 Å². The summed E-state index contributed by atoms with van der Waals surface area (Å²) in [6.45, 7) is 5.67.